The summed E-state index contributed by atoms with van der Waals surface area (Å²) in [7, 11) is 0. The Bertz CT molecular complexity index is 689. The SMILES string of the molecule is c1ccc2sc(-c3cnc(C4CCCCN4)[nH]3)cc2c1. The monoisotopic (exact) mass is 283 g/mol. The van der Waals surface area contributed by atoms with Crippen LogP contribution in [0.2, 0.25) is 0 Å². The van der Waals surface area contributed by atoms with Crippen molar-refractivity contribution in [3.05, 3.63) is 42.4 Å². The second kappa shape index (κ2) is 5.04. The maximum atomic E-state index is 4.58. The number of H-pyrrole nitrogens is 1. The van der Waals surface area contributed by atoms with E-state index in [1.54, 1.807) is 0 Å². The van der Waals surface area contributed by atoms with E-state index in [0.717, 1.165) is 18.1 Å². The van der Waals surface area contributed by atoms with Crippen molar-refractivity contribution in [1.29, 1.82) is 0 Å². The van der Waals surface area contributed by atoms with Gasteiger partial charge in [-0.05, 0) is 36.9 Å². The lowest BCUT2D eigenvalue weighted by molar-refractivity contribution is 0.399. The lowest BCUT2D eigenvalue weighted by Gasteiger charge is -2.21. The van der Waals surface area contributed by atoms with Crippen LogP contribution in [0.25, 0.3) is 20.7 Å². The summed E-state index contributed by atoms with van der Waals surface area (Å²) >= 11 is 1.82. The highest BCUT2D eigenvalue weighted by atomic mass is 32.1. The average molecular weight is 283 g/mol. The molecule has 3 heterocycles. The molecule has 4 rings (SSSR count). The minimum Gasteiger partial charge on any atom is -0.340 e. The molecule has 3 aromatic rings. The maximum Gasteiger partial charge on any atom is 0.123 e. The van der Waals surface area contributed by atoms with Crippen molar-refractivity contribution >= 4 is 21.4 Å². The van der Waals surface area contributed by atoms with Crippen molar-refractivity contribution in [3.8, 4) is 10.6 Å². The molecule has 2 aromatic heterocycles. The number of hydrogen-bond acceptors (Lipinski definition) is 3. The third-order valence-electron chi connectivity index (χ3n) is 3.93. The van der Waals surface area contributed by atoms with E-state index in [0.29, 0.717) is 6.04 Å². The number of hydrogen-bond donors (Lipinski definition) is 2. The molecule has 4 heteroatoms. The van der Waals surface area contributed by atoms with Crippen molar-refractivity contribution in [2.75, 3.05) is 6.54 Å². The normalized spacial score (nSPS) is 19.5. The first-order valence-corrected chi connectivity index (χ1v) is 7.99. The summed E-state index contributed by atoms with van der Waals surface area (Å²) in [5, 5.41) is 4.84. The third kappa shape index (κ3) is 2.15. The number of benzene rings is 1. The van der Waals surface area contributed by atoms with Crippen LogP contribution in [0, 0.1) is 0 Å². The zero-order valence-electron chi connectivity index (χ0n) is 11.2. The largest absolute Gasteiger partial charge is 0.340 e. The lowest BCUT2D eigenvalue weighted by atomic mass is 10.0. The number of fused-ring (bicyclic) bond motifs is 1. The van der Waals surface area contributed by atoms with Gasteiger partial charge in [-0.1, -0.05) is 24.6 Å². The van der Waals surface area contributed by atoms with Crippen LogP contribution in [0.5, 0.6) is 0 Å². The van der Waals surface area contributed by atoms with Gasteiger partial charge in [-0.15, -0.1) is 11.3 Å². The number of piperidine rings is 1. The van der Waals surface area contributed by atoms with Gasteiger partial charge in [0, 0.05) is 4.70 Å². The van der Waals surface area contributed by atoms with Crippen molar-refractivity contribution < 1.29 is 0 Å². The Morgan fingerprint density at radius 2 is 2.15 bits per heavy atom. The summed E-state index contributed by atoms with van der Waals surface area (Å²) < 4.78 is 1.33. The molecule has 20 heavy (non-hydrogen) atoms. The van der Waals surface area contributed by atoms with Crippen LogP contribution in [0.15, 0.2) is 36.5 Å². The Kier molecular flexibility index (Phi) is 3.05. The Labute approximate surface area is 122 Å². The Hall–Kier alpha value is -1.65. The van der Waals surface area contributed by atoms with Gasteiger partial charge in [-0.3, -0.25) is 0 Å². The number of aromatic nitrogens is 2. The highest BCUT2D eigenvalue weighted by Gasteiger charge is 2.18. The molecule has 0 spiro atoms. The summed E-state index contributed by atoms with van der Waals surface area (Å²) in [4.78, 5) is 9.34. The van der Waals surface area contributed by atoms with Crippen molar-refractivity contribution in [2.24, 2.45) is 0 Å². The van der Waals surface area contributed by atoms with Crippen molar-refractivity contribution in [3.63, 3.8) is 0 Å². The number of imidazole rings is 1. The second-order valence-corrected chi connectivity index (χ2v) is 6.42. The van der Waals surface area contributed by atoms with E-state index in [2.05, 4.69) is 45.6 Å². The molecule has 102 valence electrons. The molecular formula is C16H17N3S. The van der Waals surface area contributed by atoms with Crippen LogP contribution in [0.4, 0.5) is 0 Å². The summed E-state index contributed by atoms with van der Waals surface area (Å²) in [6.07, 6.45) is 5.71. The summed E-state index contributed by atoms with van der Waals surface area (Å²) in [6, 6.07) is 11.1. The van der Waals surface area contributed by atoms with Gasteiger partial charge < -0.3 is 10.3 Å². The summed E-state index contributed by atoms with van der Waals surface area (Å²) in [5.74, 6) is 1.08. The second-order valence-electron chi connectivity index (χ2n) is 5.33. The van der Waals surface area contributed by atoms with Crippen LogP contribution in [-0.2, 0) is 0 Å². The molecule has 0 bridgehead atoms. The van der Waals surface area contributed by atoms with E-state index in [4.69, 9.17) is 0 Å². The average Bonchev–Trinajstić information content (AvgIpc) is 3.14. The van der Waals surface area contributed by atoms with Crippen LogP contribution in [0.3, 0.4) is 0 Å². The first-order chi connectivity index (χ1) is 9.90. The number of nitrogens with zero attached hydrogens (tertiary/aromatic N) is 1. The fraction of sp³-hybridized carbons (Fsp3) is 0.312. The highest BCUT2D eigenvalue weighted by Crippen LogP contribution is 2.33. The molecule has 0 radical (unpaired) electrons. The third-order valence-corrected chi connectivity index (χ3v) is 5.08. The van der Waals surface area contributed by atoms with Gasteiger partial charge in [0.25, 0.3) is 0 Å². The Balaban J connectivity index is 1.66. The highest BCUT2D eigenvalue weighted by molar-refractivity contribution is 7.22. The molecular weight excluding hydrogens is 266 g/mol. The first-order valence-electron chi connectivity index (χ1n) is 7.17. The maximum absolute atomic E-state index is 4.58. The fourth-order valence-corrected chi connectivity index (χ4v) is 3.87. The summed E-state index contributed by atoms with van der Waals surface area (Å²) in [5.41, 5.74) is 1.13. The molecule has 3 nitrogen and oxygen atoms in total. The molecule has 1 unspecified atom stereocenters. The van der Waals surface area contributed by atoms with Crippen LogP contribution < -0.4 is 5.32 Å². The molecule has 2 N–H and O–H groups in total. The van der Waals surface area contributed by atoms with Gasteiger partial charge >= 0.3 is 0 Å². The Morgan fingerprint density at radius 1 is 1.20 bits per heavy atom. The molecule has 1 fully saturated rings. The zero-order valence-corrected chi connectivity index (χ0v) is 12.0. The number of rotatable bonds is 2. The Morgan fingerprint density at radius 3 is 3.00 bits per heavy atom. The fourth-order valence-electron chi connectivity index (χ4n) is 2.84. The topological polar surface area (TPSA) is 40.7 Å². The van der Waals surface area contributed by atoms with E-state index in [1.807, 2.05) is 17.5 Å². The molecule has 0 aliphatic carbocycles. The minimum absolute atomic E-state index is 0.395. The minimum atomic E-state index is 0.395. The van der Waals surface area contributed by atoms with Crippen LogP contribution >= 0.6 is 11.3 Å². The van der Waals surface area contributed by atoms with Gasteiger partial charge in [-0.25, -0.2) is 4.98 Å². The molecule has 1 aliphatic rings. The quantitative estimate of drug-likeness (QED) is 0.743. The summed E-state index contributed by atoms with van der Waals surface area (Å²) in [6.45, 7) is 1.10. The van der Waals surface area contributed by atoms with Gasteiger partial charge in [0.1, 0.15) is 5.82 Å². The smallest absolute Gasteiger partial charge is 0.123 e. The molecule has 1 saturated heterocycles. The standard InChI is InChI=1S/C16H17N3S/c1-2-7-14-11(5-1)9-15(20-14)13-10-18-16(19-13)12-6-3-4-8-17-12/h1-2,5,7,9-10,12,17H,3-4,6,8H2,(H,18,19). The molecule has 1 atom stereocenters. The van der Waals surface area contributed by atoms with Gasteiger partial charge in [0.2, 0.25) is 0 Å². The first kappa shape index (κ1) is 12.1. The lowest BCUT2D eigenvalue weighted by Crippen LogP contribution is -2.27. The van der Waals surface area contributed by atoms with Crippen molar-refractivity contribution in [2.45, 2.75) is 25.3 Å². The molecule has 0 saturated carbocycles. The van der Waals surface area contributed by atoms with E-state index in [9.17, 15) is 0 Å². The number of thiophene rings is 1. The number of aromatic amines is 1. The van der Waals surface area contributed by atoms with Gasteiger partial charge in [0.05, 0.1) is 22.8 Å². The van der Waals surface area contributed by atoms with E-state index in [1.165, 1.54) is 34.2 Å². The van der Waals surface area contributed by atoms with E-state index < -0.39 is 0 Å². The van der Waals surface area contributed by atoms with Crippen molar-refractivity contribution in [1.82, 2.24) is 15.3 Å². The van der Waals surface area contributed by atoms with E-state index in [-0.39, 0.29) is 0 Å². The zero-order chi connectivity index (χ0) is 13.4. The predicted molar refractivity (Wildman–Crippen MR) is 84.0 cm³/mol. The molecule has 0 amide bonds. The predicted octanol–water partition coefficient (Wildman–Crippen LogP) is 4.11. The van der Waals surface area contributed by atoms with Crippen LogP contribution in [0.1, 0.15) is 31.1 Å². The van der Waals surface area contributed by atoms with Gasteiger partial charge in [0.15, 0.2) is 0 Å². The number of nitrogens with one attached hydrogen (secondary N) is 2. The molecule has 1 aromatic carbocycles. The van der Waals surface area contributed by atoms with Crippen LogP contribution in [-0.4, -0.2) is 16.5 Å². The van der Waals surface area contributed by atoms with Gasteiger partial charge in [-0.2, -0.15) is 0 Å². The van der Waals surface area contributed by atoms with E-state index >= 15 is 0 Å². The molecule has 1 aliphatic heterocycles.